The van der Waals surface area contributed by atoms with Crippen molar-refractivity contribution in [3.8, 4) is 0 Å². The number of hydrogen-bond acceptors (Lipinski definition) is 4. The Labute approximate surface area is 124 Å². The van der Waals surface area contributed by atoms with Crippen molar-refractivity contribution in [1.29, 1.82) is 0 Å². The van der Waals surface area contributed by atoms with Crippen molar-refractivity contribution in [2.75, 3.05) is 24.3 Å². The third-order valence-corrected chi connectivity index (χ3v) is 2.98. The number of anilines is 2. The molecule has 0 aliphatic heterocycles. The van der Waals surface area contributed by atoms with Gasteiger partial charge in [-0.2, -0.15) is 0 Å². The predicted molar refractivity (Wildman–Crippen MR) is 83.4 cm³/mol. The summed E-state index contributed by atoms with van der Waals surface area (Å²) in [6.07, 6.45) is 3.41. The molecule has 0 saturated heterocycles. The molecular formula is C15H19N5O. The van der Waals surface area contributed by atoms with E-state index in [4.69, 9.17) is 0 Å². The zero-order valence-corrected chi connectivity index (χ0v) is 12.4. The largest absolute Gasteiger partial charge is 0.376 e. The lowest BCUT2D eigenvalue weighted by molar-refractivity contribution is 0.249. The zero-order chi connectivity index (χ0) is 15.2. The van der Waals surface area contributed by atoms with E-state index in [9.17, 15) is 4.79 Å². The summed E-state index contributed by atoms with van der Waals surface area (Å²) in [5.74, 6) is 0.506. The minimum Gasteiger partial charge on any atom is -0.376 e. The lowest BCUT2D eigenvalue weighted by Gasteiger charge is -2.15. The summed E-state index contributed by atoms with van der Waals surface area (Å²) >= 11 is 0. The maximum atomic E-state index is 11.9. The molecule has 0 aliphatic carbocycles. The number of nitrogens with one attached hydrogen (secondary N) is 2. The number of nitrogens with zero attached hydrogens (tertiary/aromatic N) is 3. The van der Waals surface area contributed by atoms with Crippen LogP contribution in [0.15, 0.2) is 42.7 Å². The average Bonchev–Trinajstić information content (AvgIpc) is 2.48. The summed E-state index contributed by atoms with van der Waals surface area (Å²) < 4.78 is 0. The van der Waals surface area contributed by atoms with E-state index in [1.807, 2.05) is 50.2 Å². The van der Waals surface area contributed by atoms with Crippen LogP contribution in [0.4, 0.5) is 16.3 Å². The molecule has 0 aromatic carbocycles. The highest BCUT2D eigenvalue weighted by Gasteiger charge is 2.10. The van der Waals surface area contributed by atoms with Crippen LogP contribution in [0, 0.1) is 0 Å². The molecule has 0 fully saturated rings. The molecule has 0 saturated carbocycles. The molecule has 0 radical (unpaired) electrons. The topological polar surface area (TPSA) is 70.2 Å². The highest BCUT2D eigenvalue weighted by atomic mass is 16.2. The van der Waals surface area contributed by atoms with Crippen molar-refractivity contribution >= 4 is 17.5 Å². The van der Waals surface area contributed by atoms with Crippen LogP contribution in [-0.2, 0) is 0 Å². The minimum absolute atomic E-state index is 0.174. The average molecular weight is 285 g/mol. The first-order chi connectivity index (χ1) is 10.1. The van der Waals surface area contributed by atoms with Crippen LogP contribution >= 0.6 is 0 Å². The first-order valence-corrected chi connectivity index (χ1v) is 6.68. The molecule has 110 valence electrons. The molecule has 0 aliphatic rings. The number of carbonyl (C=O) groups excluding carboxylic acids is 1. The van der Waals surface area contributed by atoms with Gasteiger partial charge in [0.1, 0.15) is 5.82 Å². The number of aromatic nitrogens is 2. The summed E-state index contributed by atoms with van der Waals surface area (Å²) in [7, 11) is 3.87. The van der Waals surface area contributed by atoms with Gasteiger partial charge in [0.2, 0.25) is 0 Å². The second-order valence-electron chi connectivity index (χ2n) is 4.87. The van der Waals surface area contributed by atoms with Gasteiger partial charge in [0.15, 0.2) is 0 Å². The minimum atomic E-state index is -0.307. The number of amides is 2. The number of carbonyl (C=O) groups is 1. The quantitative estimate of drug-likeness (QED) is 0.905. The maximum absolute atomic E-state index is 11.9. The van der Waals surface area contributed by atoms with E-state index in [1.165, 1.54) is 0 Å². The van der Waals surface area contributed by atoms with Gasteiger partial charge in [-0.25, -0.2) is 9.78 Å². The molecule has 0 bridgehead atoms. The summed E-state index contributed by atoms with van der Waals surface area (Å²) in [6.45, 7) is 1.88. The van der Waals surface area contributed by atoms with Gasteiger partial charge in [0, 0.05) is 20.3 Å². The van der Waals surface area contributed by atoms with Crippen LogP contribution in [-0.4, -0.2) is 30.1 Å². The van der Waals surface area contributed by atoms with Crippen LogP contribution in [0.5, 0.6) is 0 Å². The van der Waals surface area contributed by atoms with E-state index < -0.39 is 0 Å². The molecule has 6 nitrogen and oxygen atoms in total. The summed E-state index contributed by atoms with van der Waals surface area (Å²) in [5.41, 5.74) is 1.78. The van der Waals surface area contributed by atoms with Crippen molar-refractivity contribution < 1.29 is 4.79 Å². The molecule has 21 heavy (non-hydrogen) atoms. The molecule has 2 heterocycles. The Morgan fingerprint density at radius 3 is 2.57 bits per heavy atom. The molecule has 6 heteroatoms. The van der Waals surface area contributed by atoms with Crippen molar-refractivity contribution in [1.82, 2.24) is 15.3 Å². The Morgan fingerprint density at radius 1 is 1.19 bits per heavy atom. The zero-order valence-electron chi connectivity index (χ0n) is 12.4. The van der Waals surface area contributed by atoms with Crippen molar-refractivity contribution in [3.05, 3.63) is 48.4 Å². The molecule has 2 aromatic rings. The molecule has 2 rings (SSSR count). The number of urea groups is 1. The van der Waals surface area contributed by atoms with Gasteiger partial charge in [0.25, 0.3) is 0 Å². The lowest BCUT2D eigenvalue weighted by atomic mass is 10.2. The van der Waals surface area contributed by atoms with Crippen molar-refractivity contribution in [3.63, 3.8) is 0 Å². The van der Waals surface area contributed by atoms with Gasteiger partial charge in [-0.05, 0) is 31.2 Å². The summed E-state index contributed by atoms with van der Waals surface area (Å²) in [5, 5.41) is 5.52. The first kappa shape index (κ1) is 14.8. The molecule has 1 atom stereocenters. The Bertz CT molecular complexity index is 583. The van der Waals surface area contributed by atoms with E-state index in [1.54, 1.807) is 18.5 Å². The highest BCUT2D eigenvalue weighted by Crippen LogP contribution is 2.12. The van der Waals surface area contributed by atoms with Crippen molar-refractivity contribution in [2.24, 2.45) is 0 Å². The molecule has 2 aromatic heterocycles. The maximum Gasteiger partial charge on any atom is 0.320 e. The van der Waals surface area contributed by atoms with Gasteiger partial charge in [0.05, 0.1) is 23.6 Å². The van der Waals surface area contributed by atoms with E-state index >= 15 is 0 Å². The second-order valence-corrected chi connectivity index (χ2v) is 4.87. The Kier molecular flexibility index (Phi) is 4.71. The fraction of sp³-hybridized carbons (Fsp3) is 0.267. The van der Waals surface area contributed by atoms with Gasteiger partial charge in [-0.1, -0.05) is 6.07 Å². The van der Waals surface area contributed by atoms with E-state index in [2.05, 4.69) is 20.6 Å². The Morgan fingerprint density at radius 2 is 2.00 bits per heavy atom. The van der Waals surface area contributed by atoms with Crippen LogP contribution in [0.3, 0.4) is 0 Å². The van der Waals surface area contributed by atoms with Crippen molar-refractivity contribution in [2.45, 2.75) is 13.0 Å². The molecular weight excluding hydrogens is 266 g/mol. The van der Waals surface area contributed by atoms with Crippen LogP contribution in [0.1, 0.15) is 18.7 Å². The molecule has 2 amide bonds. The third-order valence-electron chi connectivity index (χ3n) is 2.98. The summed E-state index contributed by atoms with van der Waals surface area (Å²) in [6, 6.07) is 8.78. The lowest BCUT2D eigenvalue weighted by Crippen LogP contribution is -2.31. The van der Waals surface area contributed by atoms with Gasteiger partial charge >= 0.3 is 6.03 Å². The van der Waals surface area contributed by atoms with Crippen LogP contribution < -0.4 is 15.5 Å². The fourth-order valence-electron chi connectivity index (χ4n) is 1.78. The Hall–Kier alpha value is -2.63. The first-order valence-electron chi connectivity index (χ1n) is 6.68. The monoisotopic (exact) mass is 285 g/mol. The van der Waals surface area contributed by atoms with Crippen LogP contribution in [0.2, 0.25) is 0 Å². The molecule has 2 N–H and O–H groups in total. The van der Waals surface area contributed by atoms with E-state index in [-0.39, 0.29) is 12.1 Å². The molecule has 1 unspecified atom stereocenters. The SMILES string of the molecule is CC(NC(=O)Nc1ccc(N(C)C)cn1)c1ccccn1. The molecule has 0 spiro atoms. The van der Waals surface area contributed by atoms with E-state index in [0.717, 1.165) is 11.4 Å². The smallest absolute Gasteiger partial charge is 0.320 e. The van der Waals surface area contributed by atoms with Gasteiger partial charge in [-0.15, -0.1) is 0 Å². The number of hydrogen-bond donors (Lipinski definition) is 2. The number of pyridine rings is 2. The third kappa shape index (κ3) is 4.17. The summed E-state index contributed by atoms with van der Waals surface area (Å²) in [4.78, 5) is 22.3. The van der Waals surface area contributed by atoms with Gasteiger partial charge < -0.3 is 10.2 Å². The second kappa shape index (κ2) is 6.69. The fourth-order valence-corrected chi connectivity index (χ4v) is 1.78. The normalized spacial score (nSPS) is 11.6. The highest BCUT2D eigenvalue weighted by molar-refractivity contribution is 5.88. The van der Waals surface area contributed by atoms with Crippen LogP contribution in [0.25, 0.3) is 0 Å². The Balaban J connectivity index is 1.92. The van der Waals surface area contributed by atoms with Gasteiger partial charge in [-0.3, -0.25) is 10.3 Å². The predicted octanol–water partition coefficient (Wildman–Crippen LogP) is 2.43. The standard InChI is InChI=1S/C15H19N5O/c1-11(13-6-4-5-9-16-13)18-15(21)19-14-8-7-12(10-17-14)20(2)3/h4-11H,1-3H3,(H2,17,18,19,21). The number of rotatable bonds is 4. The van der Waals surface area contributed by atoms with E-state index in [0.29, 0.717) is 5.82 Å².